The Morgan fingerprint density at radius 1 is 1.50 bits per heavy atom. The van der Waals surface area contributed by atoms with Crippen LogP contribution in [0.5, 0.6) is 0 Å². The Morgan fingerprint density at radius 3 is 2.50 bits per heavy atom. The van der Waals surface area contributed by atoms with Gasteiger partial charge in [0, 0.05) is 5.92 Å². The average molecular weight is 118 g/mol. The molecular formula is C6H8F2. The molecule has 0 aromatic heterocycles. The maximum atomic E-state index is 12.7. The van der Waals surface area contributed by atoms with Gasteiger partial charge in [0.1, 0.15) is 11.8 Å². The van der Waals surface area contributed by atoms with Crippen LogP contribution in [0.3, 0.4) is 0 Å². The van der Waals surface area contributed by atoms with Gasteiger partial charge in [-0.1, -0.05) is 0 Å². The summed E-state index contributed by atoms with van der Waals surface area (Å²) in [6.45, 7) is 0. The molecule has 2 fully saturated rings. The Kier molecular flexibility index (Phi) is 0.628. The molecule has 0 aromatic rings. The van der Waals surface area contributed by atoms with Gasteiger partial charge in [-0.3, -0.25) is 0 Å². The van der Waals surface area contributed by atoms with E-state index < -0.39 is 11.8 Å². The van der Waals surface area contributed by atoms with E-state index >= 15 is 0 Å². The van der Waals surface area contributed by atoms with Crippen molar-refractivity contribution in [2.75, 3.05) is 0 Å². The second-order valence-corrected chi connectivity index (χ2v) is 2.83. The van der Waals surface area contributed by atoms with Crippen LogP contribution in [0.15, 0.2) is 0 Å². The first kappa shape index (κ1) is 4.71. The van der Waals surface area contributed by atoms with Crippen molar-refractivity contribution in [1.82, 2.24) is 0 Å². The molecule has 8 heavy (non-hydrogen) atoms. The zero-order chi connectivity index (χ0) is 5.78. The summed E-state index contributed by atoms with van der Waals surface area (Å²) >= 11 is 0. The molecule has 0 amide bonds. The fraction of sp³-hybridized carbons (Fsp3) is 1.00. The first-order valence-electron chi connectivity index (χ1n) is 3.08. The molecule has 3 atom stereocenters. The lowest BCUT2D eigenvalue weighted by atomic mass is 10.2. The van der Waals surface area contributed by atoms with Crippen LogP contribution in [-0.2, 0) is 0 Å². The zero-order valence-corrected chi connectivity index (χ0v) is 4.53. The summed E-state index contributed by atoms with van der Waals surface area (Å²) in [5, 5.41) is 0. The van der Waals surface area contributed by atoms with Gasteiger partial charge in [0.2, 0.25) is 0 Å². The van der Waals surface area contributed by atoms with Gasteiger partial charge >= 0.3 is 0 Å². The molecule has 46 valence electrons. The quantitative estimate of drug-likeness (QED) is 0.455. The third-order valence-electron chi connectivity index (χ3n) is 2.39. The minimum Gasteiger partial charge on any atom is -0.244 e. The molecule has 0 radical (unpaired) electrons. The van der Waals surface area contributed by atoms with Crippen LogP contribution in [0.25, 0.3) is 0 Å². The standard InChI is InChI=1S/C6H8F2/c7-5-4-2-1-3-6(4,5)8/h4-5H,1-3H2. The van der Waals surface area contributed by atoms with Gasteiger partial charge in [0.05, 0.1) is 0 Å². The molecule has 2 saturated carbocycles. The van der Waals surface area contributed by atoms with Crippen molar-refractivity contribution in [1.29, 1.82) is 0 Å². The Morgan fingerprint density at radius 2 is 2.25 bits per heavy atom. The molecule has 3 unspecified atom stereocenters. The van der Waals surface area contributed by atoms with Crippen molar-refractivity contribution >= 4 is 0 Å². The van der Waals surface area contributed by atoms with E-state index in [1.165, 1.54) is 0 Å². The highest BCUT2D eigenvalue weighted by Crippen LogP contribution is 2.60. The monoisotopic (exact) mass is 118 g/mol. The molecule has 0 heterocycles. The van der Waals surface area contributed by atoms with Crippen molar-refractivity contribution in [3.8, 4) is 0 Å². The largest absolute Gasteiger partial charge is 0.244 e. The highest BCUT2D eigenvalue weighted by atomic mass is 19.2. The highest BCUT2D eigenvalue weighted by molar-refractivity contribution is 5.17. The van der Waals surface area contributed by atoms with E-state index in [-0.39, 0.29) is 5.92 Å². The van der Waals surface area contributed by atoms with Crippen LogP contribution >= 0.6 is 0 Å². The van der Waals surface area contributed by atoms with E-state index in [1.807, 2.05) is 0 Å². The fourth-order valence-electron chi connectivity index (χ4n) is 1.74. The van der Waals surface area contributed by atoms with Crippen molar-refractivity contribution < 1.29 is 8.78 Å². The molecule has 0 saturated heterocycles. The second-order valence-electron chi connectivity index (χ2n) is 2.83. The Balaban J connectivity index is 2.18. The summed E-state index contributed by atoms with van der Waals surface area (Å²) in [5.41, 5.74) is -1.35. The van der Waals surface area contributed by atoms with E-state index in [1.54, 1.807) is 0 Å². The number of alkyl halides is 2. The molecular weight excluding hydrogens is 110 g/mol. The van der Waals surface area contributed by atoms with Crippen molar-refractivity contribution in [3.63, 3.8) is 0 Å². The first-order chi connectivity index (χ1) is 3.75. The molecule has 2 rings (SSSR count). The number of rotatable bonds is 0. The number of hydrogen-bond donors (Lipinski definition) is 0. The number of hydrogen-bond acceptors (Lipinski definition) is 0. The molecule has 2 aliphatic rings. The molecule has 0 spiro atoms. The molecule has 0 nitrogen and oxygen atoms in total. The Bertz CT molecular complexity index is 124. The summed E-state index contributed by atoms with van der Waals surface area (Å²) in [7, 11) is 0. The van der Waals surface area contributed by atoms with Gasteiger partial charge < -0.3 is 0 Å². The van der Waals surface area contributed by atoms with Crippen LogP contribution in [0.2, 0.25) is 0 Å². The van der Waals surface area contributed by atoms with E-state index in [0.29, 0.717) is 6.42 Å². The van der Waals surface area contributed by atoms with Crippen LogP contribution in [0.1, 0.15) is 19.3 Å². The van der Waals surface area contributed by atoms with Crippen LogP contribution < -0.4 is 0 Å². The predicted octanol–water partition coefficient (Wildman–Crippen LogP) is 1.85. The van der Waals surface area contributed by atoms with Gasteiger partial charge in [-0.2, -0.15) is 0 Å². The van der Waals surface area contributed by atoms with Crippen molar-refractivity contribution in [2.24, 2.45) is 5.92 Å². The van der Waals surface area contributed by atoms with Crippen molar-refractivity contribution in [3.05, 3.63) is 0 Å². The maximum Gasteiger partial charge on any atom is 0.148 e. The molecule has 2 aliphatic carbocycles. The molecule has 0 bridgehead atoms. The summed E-state index contributed by atoms with van der Waals surface area (Å²) in [4.78, 5) is 0. The van der Waals surface area contributed by atoms with Gasteiger partial charge in [-0.05, 0) is 19.3 Å². The highest BCUT2D eigenvalue weighted by Gasteiger charge is 2.69. The van der Waals surface area contributed by atoms with Crippen LogP contribution in [-0.4, -0.2) is 11.8 Å². The lowest BCUT2D eigenvalue weighted by molar-refractivity contribution is 0.239. The average Bonchev–Trinajstić information content (AvgIpc) is 2.23. The summed E-state index contributed by atoms with van der Waals surface area (Å²) < 4.78 is 24.9. The molecule has 0 N–H and O–H groups in total. The summed E-state index contributed by atoms with van der Waals surface area (Å²) in [6, 6.07) is 0. The van der Waals surface area contributed by atoms with Gasteiger partial charge in [0.25, 0.3) is 0 Å². The third kappa shape index (κ3) is 0.318. The Labute approximate surface area is 46.9 Å². The molecule has 2 heteroatoms. The Hall–Kier alpha value is -0.140. The summed E-state index contributed by atoms with van der Waals surface area (Å²) in [6.07, 6.45) is 1.04. The topological polar surface area (TPSA) is 0 Å². The number of fused-ring (bicyclic) bond motifs is 1. The SMILES string of the molecule is FC1C2CCCC12F. The fourth-order valence-corrected chi connectivity index (χ4v) is 1.74. The lowest BCUT2D eigenvalue weighted by Gasteiger charge is -1.94. The van der Waals surface area contributed by atoms with Gasteiger partial charge in [-0.15, -0.1) is 0 Å². The van der Waals surface area contributed by atoms with E-state index in [2.05, 4.69) is 0 Å². The van der Waals surface area contributed by atoms with E-state index in [9.17, 15) is 8.78 Å². The lowest BCUT2D eigenvalue weighted by Crippen LogP contribution is -2.00. The molecule has 0 aromatic carbocycles. The van der Waals surface area contributed by atoms with Crippen molar-refractivity contribution in [2.45, 2.75) is 31.1 Å². The molecule has 0 aliphatic heterocycles. The van der Waals surface area contributed by atoms with Gasteiger partial charge in [-0.25, -0.2) is 8.78 Å². The van der Waals surface area contributed by atoms with Crippen LogP contribution in [0, 0.1) is 5.92 Å². The smallest absolute Gasteiger partial charge is 0.148 e. The van der Waals surface area contributed by atoms with E-state index in [4.69, 9.17) is 0 Å². The second kappa shape index (κ2) is 1.07. The number of halogens is 2. The minimum atomic E-state index is -1.35. The third-order valence-corrected chi connectivity index (χ3v) is 2.39. The summed E-state index contributed by atoms with van der Waals surface area (Å²) in [5.74, 6) is -0.206. The maximum absolute atomic E-state index is 12.7. The zero-order valence-electron chi connectivity index (χ0n) is 4.53. The normalized spacial score (nSPS) is 60.8. The van der Waals surface area contributed by atoms with Crippen LogP contribution in [0.4, 0.5) is 8.78 Å². The predicted molar refractivity (Wildman–Crippen MR) is 26.1 cm³/mol. The first-order valence-corrected chi connectivity index (χ1v) is 3.08. The van der Waals surface area contributed by atoms with E-state index in [0.717, 1.165) is 12.8 Å². The van der Waals surface area contributed by atoms with Gasteiger partial charge in [0.15, 0.2) is 0 Å². The minimum absolute atomic E-state index is 0.206.